The van der Waals surface area contributed by atoms with E-state index in [1.165, 1.54) is 6.92 Å². The van der Waals surface area contributed by atoms with Crippen LogP contribution in [0.3, 0.4) is 0 Å². The summed E-state index contributed by atoms with van der Waals surface area (Å²) < 4.78 is 0. The lowest BCUT2D eigenvalue weighted by atomic mass is 10.00. The average Bonchev–Trinajstić information content (AvgIpc) is 2.11. The predicted octanol–water partition coefficient (Wildman–Crippen LogP) is 1.80. The fourth-order valence-electron chi connectivity index (χ4n) is 0.814. The number of hydrogen-bond acceptors (Lipinski definition) is 2. The predicted molar refractivity (Wildman–Crippen MR) is 50.4 cm³/mol. The molecule has 0 spiro atoms. The number of rotatable bonds is 5. The van der Waals surface area contributed by atoms with Gasteiger partial charge < -0.3 is 5.11 Å². The second-order valence-electron chi connectivity index (χ2n) is 2.84. The van der Waals surface area contributed by atoms with Crippen LogP contribution < -0.4 is 0 Å². The number of Topliss-reactive ketones (excluding diaryl/α,β-unsaturated/α-hetero) is 1. The van der Waals surface area contributed by atoms with Crippen LogP contribution in [0.15, 0.2) is 24.3 Å². The summed E-state index contributed by atoms with van der Waals surface area (Å²) >= 11 is 0. The summed E-state index contributed by atoms with van der Waals surface area (Å²) in [5.41, 5.74) is 0.481. The van der Waals surface area contributed by atoms with E-state index in [-0.39, 0.29) is 5.78 Å². The van der Waals surface area contributed by atoms with Gasteiger partial charge in [-0.3, -0.25) is 9.59 Å². The Morgan fingerprint density at radius 2 is 2.08 bits per heavy atom. The van der Waals surface area contributed by atoms with Gasteiger partial charge in [-0.1, -0.05) is 12.2 Å². The molecule has 0 bridgehead atoms. The zero-order valence-corrected chi connectivity index (χ0v) is 7.91. The van der Waals surface area contributed by atoms with Crippen LogP contribution in [-0.4, -0.2) is 16.9 Å². The minimum atomic E-state index is -1.09. The van der Waals surface area contributed by atoms with Crippen molar-refractivity contribution in [2.75, 3.05) is 0 Å². The largest absolute Gasteiger partial charge is 0.481 e. The van der Waals surface area contributed by atoms with E-state index in [1.54, 1.807) is 19.1 Å². The fraction of sp³-hybridized carbons (Fsp3) is 0.400. The summed E-state index contributed by atoms with van der Waals surface area (Å²) in [6, 6.07) is 0. The lowest BCUT2D eigenvalue weighted by Crippen LogP contribution is -2.21. The van der Waals surface area contributed by atoms with Crippen LogP contribution in [0.4, 0.5) is 0 Å². The van der Waals surface area contributed by atoms with E-state index in [1.807, 2.05) is 0 Å². The Balaban J connectivity index is 4.41. The zero-order valence-electron chi connectivity index (χ0n) is 7.91. The number of aliphatic carboxylic acids is 1. The highest BCUT2D eigenvalue weighted by atomic mass is 16.4. The van der Waals surface area contributed by atoms with Crippen molar-refractivity contribution in [3.05, 3.63) is 24.3 Å². The van der Waals surface area contributed by atoms with Crippen molar-refractivity contribution in [3.63, 3.8) is 0 Å². The van der Waals surface area contributed by atoms with E-state index < -0.39 is 11.9 Å². The van der Waals surface area contributed by atoms with Gasteiger partial charge in [0.25, 0.3) is 0 Å². The third-order valence-corrected chi connectivity index (χ3v) is 1.74. The molecule has 0 aromatic heterocycles. The maximum absolute atomic E-state index is 11.3. The number of carbonyl (C=O) groups excluding carboxylic acids is 1. The molecule has 0 aliphatic carbocycles. The number of allylic oxidation sites excluding steroid dienone is 3. The first-order valence-corrected chi connectivity index (χ1v) is 4.05. The molecular formula is C10H14O3. The first-order chi connectivity index (χ1) is 6.00. The van der Waals surface area contributed by atoms with Crippen molar-refractivity contribution in [3.8, 4) is 0 Å². The zero-order chi connectivity index (χ0) is 10.4. The molecule has 0 aromatic carbocycles. The van der Waals surface area contributed by atoms with E-state index >= 15 is 0 Å². The van der Waals surface area contributed by atoms with E-state index in [0.717, 1.165) is 0 Å². The maximum atomic E-state index is 11.3. The van der Waals surface area contributed by atoms with E-state index in [2.05, 4.69) is 6.58 Å². The molecule has 1 N–H and O–H groups in total. The van der Waals surface area contributed by atoms with Gasteiger partial charge in [0.15, 0.2) is 5.78 Å². The second-order valence-corrected chi connectivity index (χ2v) is 2.84. The van der Waals surface area contributed by atoms with Crippen molar-refractivity contribution in [1.82, 2.24) is 0 Å². The SMILES string of the molecule is C=CCC=C(C)C(=O)C(C)C(=O)O. The summed E-state index contributed by atoms with van der Waals surface area (Å²) in [6.45, 7) is 6.50. The summed E-state index contributed by atoms with van der Waals surface area (Å²) in [4.78, 5) is 21.8. The lowest BCUT2D eigenvalue weighted by Gasteiger charge is -2.04. The summed E-state index contributed by atoms with van der Waals surface area (Å²) in [5, 5.41) is 8.56. The first-order valence-electron chi connectivity index (χ1n) is 4.05. The van der Waals surface area contributed by atoms with Gasteiger partial charge >= 0.3 is 5.97 Å². The lowest BCUT2D eigenvalue weighted by molar-refractivity contribution is -0.144. The molecule has 0 aliphatic rings. The molecule has 0 fully saturated rings. The Hall–Kier alpha value is -1.38. The number of ketones is 1. The van der Waals surface area contributed by atoms with Crippen LogP contribution in [-0.2, 0) is 9.59 Å². The smallest absolute Gasteiger partial charge is 0.314 e. The number of hydrogen-bond donors (Lipinski definition) is 1. The van der Waals surface area contributed by atoms with Crippen LogP contribution in [0.25, 0.3) is 0 Å². The topological polar surface area (TPSA) is 54.4 Å². The number of carboxylic acids is 1. The highest BCUT2D eigenvalue weighted by Crippen LogP contribution is 2.07. The Morgan fingerprint density at radius 3 is 2.46 bits per heavy atom. The van der Waals surface area contributed by atoms with Crippen LogP contribution in [0, 0.1) is 5.92 Å². The Morgan fingerprint density at radius 1 is 1.54 bits per heavy atom. The average molecular weight is 182 g/mol. The van der Waals surface area contributed by atoms with E-state index in [9.17, 15) is 9.59 Å². The van der Waals surface area contributed by atoms with Gasteiger partial charge in [-0.15, -0.1) is 6.58 Å². The van der Waals surface area contributed by atoms with Crippen molar-refractivity contribution < 1.29 is 14.7 Å². The molecule has 3 nitrogen and oxygen atoms in total. The molecule has 0 amide bonds. The van der Waals surface area contributed by atoms with Crippen molar-refractivity contribution in [2.45, 2.75) is 20.3 Å². The molecule has 72 valence electrons. The Bertz CT molecular complexity index is 251. The minimum Gasteiger partial charge on any atom is -0.481 e. The van der Waals surface area contributed by atoms with Gasteiger partial charge in [0.2, 0.25) is 0 Å². The third kappa shape index (κ3) is 3.69. The monoisotopic (exact) mass is 182 g/mol. The number of carbonyl (C=O) groups is 2. The Kier molecular flexibility index (Phi) is 4.74. The van der Waals surface area contributed by atoms with Crippen molar-refractivity contribution in [2.24, 2.45) is 5.92 Å². The molecule has 3 heteroatoms. The van der Waals surface area contributed by atoms with Crippen LogP contribution >= 0.6 is 0 Å². The van der Waals surface area contributed by atoms with Gasteiger partial charge in [0.05, 0.1) is 0 Å². The summed E-state index contributed by atoms with van der Waals surface area (Å²) in [6.07, 6.45) is 3.92. The molecule has 0 aliphatic heterocycles. The highest BCUT2D eigenvalue weighted by Gasteiger charge is 2.20. The highest BCUT2D eigenvalue weighted by molar-refractivity contribution is 6.07. The standard InChI is InChI=1S/C10H14O3/c1-4-5-6-7(2)9(11)8(3)10(12)13/h4,6,8H,1,5H2,2-3H3,(H,12,13). The summed E-state index contributed by atoms with van der Waals surface area (Å²) in [7, 11) is 0. The molecule has 0 rings (SSSR count). The second kappa shape index (κ2) is 5.30. The molecule has 0 saturated heterocycles. The Labute approximate surface area is 77.8 Å². The maximum Gasteiger partial charge on any atom is 0.314 e. The molecule has 1 unspecified atom stereocenters. The van der Waals surface area contributed by atoms with Gasteiger partial charge in [-0.05, 0) is 25.8 Å². The summed E-state index contributed by atoms with van der Waals surface area (Å²) in [5.74, 6) is -2.38. The van der Waals surface area contributed by atoms with Crippen molar-refractivity contribution >= 4 is 11.8 Å². The fourth-order valence-corrected chi connectivity index (χ4v) is 0.814. The van der Waals surface area contributed by atoms with Crippen LogP contribution in [0.1, 0.15) is 20.3 Å². The molecule has 0 aromatic rings. The number of carboxylic acid groups (broad SMARTS) is 1. The minimum absolute atomic E-state index is 0.339. The first kappa shape index (κ1) is 11.6. The molecule has 1 atom stereocenters. The van der Waals surface area contributed by atoms with Gasteiger partial charge in [-0.2, -0.15) is 0 Å². The quantitative estimate of drug-likeness (QED) is 0.400. The molecule has 13 heavy (non-hydrogen) atoms. The molecular weight excluding hydrogens is 168 g/mol. The van der Waals surface area contributed by atoms with Gasteiger partial charge in [-0.25, -0.2) is 0 Å². The van der Waals surface area contributed by atoms with Crippen LogP contribution in [0.5, 0.6) is 0 Å². The molecule has 0 radical (unpaired) electrons. The van der Waals surface area contributed by atoms with Crippen LogP contribution in [0.2, 0.25) is 0 Å². The normalized spacial score (nSPS) is 13.5. The molecule has 0 heterocycles. The van der Waals surface area contributed by atoms with Crippen molar-refractivity contribution in [1.29, 1.82) is 0 Å². The third-order valence-electron chi connectivity index (χ3n) is 1.74. The van der Waals surface area contributed by atoms with Gasteiger partial charge in [0, 0.05) is 0 Å². The molecule has 0 saturated carbocycles. The van der Waals surface area contributed by atoms with E-state index in [0.29, 0.717) is 12.0 Å². The van der Waals surface area contributed by atoms with Gasteiger partial charge in [0.1, 0.15) is 5.92 Å². The van der Waals surface area contributed by atoms with E-state index in [4.69, 9.17) is 5.11 Å².